The summed E-state index contributed by atoms with van der Waals surface area (Å²) in [5.74, 6) is 0.402. The number of carbonyl (C=O) groups is 1. The minimum Gasteiger partial charge on any atom is -0.368 e. The number of rotatable bonds is 3. The Balaban J connectivity index is 1.84. The predicted molar refractivity (Wildman–Crippen MR) is 103 cm³/mol. The van der Waals surface area contributed by atoms with E-state index in [1.165, 1.54) is 18.5 Å². The van der Waals surface area contributed by atoms with E-state index >= 15 is 0 Å². The molecule has 0 spiro atoms. The lowest BCUT2D eigenvalue weighted by Gasteiger charge is -2.38. The number of ketones is 1. The quantitative estimate of drug-likeness (QED) is 0.733. The van der Waals surface area contributed by atoms with Gasteiger partial charge in [0.1, 0.15) is 11.9 Å². The number of Topliss-reactive ketones (excluding diaryl/α,β-unsaturated/α-hetero) is 1. The average Bonchev–Trinajstić information content (AvgIpc) is 2.69. The van der Waals surface area contributed by atoms with Gasteiger partial charge < -0.3 is 9.80 Å². The molecule has 1 aromatic heterocycles. The van der Waals surface area contributed by atoms with Crippen LogP contribution in [0.1, 0.15) is 22.8 Å². The summed E-state index contributed by atoms with van der Waals surface area (Å²) in [5, 5.41) is 9.43. The van der Waals surface area contributed by atoms with E-state index in [1.807, 2.05) is 35.2 Å². The normalized spacial score (nSPS) is 14.1. The van der Waals surface area contributed by atoms with Gasteiger partial charge in [-0.2, -0.15) is 5.26 Å². The molecule has 0 unspecified atom stereocenters. The van der Waals surface area contributed by atoms with Crippen molar-refractivity contribution in [2.24, 2.45) is 14.1 Å². The monoisotopic (exact) mass is 367 g/mol. The third-order valence-corrected chi connectivity index (χ3v) is 4.96. The summed E-state index contributed by atoms with van der Waals surface area (Å²) >= 11 is 0. The van der Waals surface area contributed by atoms with Crippen LogP contribution in [0.5, 0.6) is 0 Å². The first-order chi connectivity index (χ1) is 12.8. The Morgan fingerprint density at radius 1 is 0.963 bits per heavy atom. The van der Waals surface area contributed by atoms with Gasteiger partial charge in [-0.15, -0.1) is 0 Å². The highest BCUT2D eigenvalue weighted by Gasteiger charge is 2.24. The summed E-state index contributed by atoms with van der Waals surface area (Å²) in [4.78, 5) is 40.0. The fraction of sp³-hybridized carbons (Fsp3) is 0.368. The molecule has 1 fully saturated rings. The van der Waals surface area contributed by atoms with Crippen molar-refractivity contribution in [3.63, 3.8) is 0 Å². The number of nitriles is 1. The summed E-state index contributed by atoms with van der Waals surface area (Å²) in [6.07, 6.45) is 0. The third kappa shape index (κ3) is 3.24. The number of nitrogens with zero attached hydrogens (tertiary/aromatic N) is 5. The van der Waals surface area contributed by atoms with Gasteiger partial charge in [-0.1, -0.05) is 0 Å². The van der Waals surface area contributed by atoms with Crippen LogP contribution in [0, 0.1) is 11.3 Å². The highest BCUT2D eigenvalue weighted by molar-refractivity contribution is 5.94. The van der Waals surface area contributed by atoms with Crippen LogP contribution < -0.4 is 21.0 Å². The molecule has 0 aliphatic carbocycles. The highest BCUT2D eigenvalue weighted by Crippen LogP contribution is 2.21. The zero-order chi connectivity index (χ0) is 19.7. The largest absolute Gasteiger partial charge is 0.368 e. The van der Waals surface area contributed by atoms with Gasteiger partial charge in [0.15, 0.2) is 11.3 Å². The van der Waals surface area contributed by atoms with Crippen molar-refractivity contribution >= 4 is 17.3 Å². The van der Waals surface area contributed by atoms with Crippen LogP contribution in [0.2, 0.25) is 0 Å². The van der Waals surface area contributed by atoms with Crippen molar-refractivity contribution < 1.29 is 4.79 Å². The van der Waals surface area contributed by atoms with Gasteiger partial charge >= 0.3 is 5.69 Å². The van der Waals surface area contributed by atoms with E-state index in [2.05, 4.69) is 4.90 Å². The standard InChI is InChI=1S/C19H21N5O3/c1-13(25)14-4-6-15(7-5-14)23-8-10-24(11-9-23)17-16(12-20)18(26)22(3)19(27)21(17)2/h4-7H,8-11H2,1-3H3. The molecule has 0 radical (unpaired) electrons. The number of hydrogen-bond donors (Lipinski definition) is 0. The van der Waals surface area contributed by atoms with E-state index in [4.69, 9.17) is 0 Å². The Kier molecular flexibility index (Phi) is 4.86. The summed E-state index contributed by atoms with van der Waals surface area (Å²) < 4.78 is 2.31. The number of aromatic nitrogens is 2. The molecule has 1 aromatic carbocycles. The summed E-state index contributed by atoms with van der Waals surface area (Å²) in [6, 6.07) is 9.40. The van der Waals surface area contributed by atoms with Crippen LogP contribution in [-0.2, 0) is 14.1 Å². The first-order valence-corrected chi connectivity index (χ1v) is 8.66. The van der Waals surface area contributed by atoms with Gasteiger partial charge in [-0.25, -0.2) is 4.79 Å². The van der Waals surface area contributed by atoms with Gasteiger partial charge in [-0.05, 0) is 31.2 Å². The Morgan fingerprint density at radius 3 is 2.04 bits per heavy atom. The molecule has 0 N–H and O–H groups in total. The fourth-order valence-corrected chi connectivity index (χ4v) is 3.38. The predicted octanol–water partition coefficient (Wildman–Crippen LogP) is 0.485. The lowest BCUT2D eigenvalue weighted by Crippen LogP contribution is -2.50. The fourth-order valence-electron chi connectivity index (χ4n) is 3.38. The van der Waals surface area contributed by atoms with E-state index in [-0.39, 0.29) is 11.3 Å². The topological polar surface area (TPSA) is 91.3 Å². The zero-order valence-corrected chi connectivity index (χ0v) is 15.6. The minimum absolute atomic E-state index is 0.0149. The Morgan fingerprint density at radius 2 is 1.52 bits per heavy atom. The molecular formula is C19H21N5O3. The molecule has 0 bridgehead atoms. The van der Waals surface area contributed by atoms with E-state index in [1.54, 1.807) is 7.05 Å². The van der Waals surface area contributed by atoms with Gasteiger partial charge in [0.25, 0.3) is 5.56 Å². The van der Waals surface area contributed by atoms with Gasteiger partial charge in [0.05, 0.1) is 0 Å². The summed E-state index contributed by atoms with van der Waals surface area (Å²) in [6.45, 7) is 4.03. The molecule has 0 saturated carbocycles. The van der Waals surface area contributed by atoms with Crippen molar-refractivity contribution in [1.82, 2.24) is 9.13 Å². The first kappa shape index (κ1) is 18.5. The summed E-state index contributed by atoms with van der Waals surface area (Å²) in [7, 11) is 2.95. The first-order valence-electron chi connectivity index (χ1n) is 8.66. The lowest BCUT2D eigenvalue weighted by atomic mass is 10.1. The van der Waals surface area contributed by atoms with E-state index in [9.17, 15) is 19.6 Å². The number of benzene rings is 1. The molecular weight excluding hydrogens is 346 g/mol. The minimum atomic E-state index is -0.571. The van der Waals surface area contributed by atoms with E-state index in [0.29, 0.717) is 37.6 Å². The Labute approximate surface area is 156 Å². The summed E-state index contributed by atoms with van der Waals surface area (Å²) in [5.41, 5.74) is 0.650. The number of piperazine rings is 1. The lowest BCUT2D eigenvalue weighted by molar-refractivity contribution is 0.101. The molecule has 1 aliphatic rings. The molecule has 8 nitrogen and oxygen atoms in total. The second kappa shape index (κ2) is 7.11. The number of anilines is 2. The third-order valence-electron chi connectivity index (χ3n) is 4.96. The maximum absolute atomic E-state index is 12.3. The molecule has 27 heavy (non-hydrogen) atoms. The van der Waals surface area contributed by atoms with Gasteiger partial charge in [0.2, 0.25) is 0 Å². The molecule has 1 saturated heterocycles. The zero-order valence-electron chi connectivity index (χ0n) is 15.6. The van der Waals surface area contributed by atoms with Crippen molar-refractivity contribution in [2.45, 2.75) is 6.92 Å². The molecule has 0 amide bonds. The molecule has 0 atom stereocenters. The maximum atomic E-state index is 12.3. The van der Waals surface area contributed by atoms with Crippen LogP contribution in [0.3, 0.4) is 0 Å². The van der Waals surface area contributed by atoms with E-state index in [0.717, 1.165) is 10.3 Å². The number of hydrogen-bond acceptors (Lipinski definition) is 6. The average molecular weight is 367 g/mol. The maximum Gasteiger partial charge on any atom is 0.332 e. The molecule has 3 rings (SSSR count). The smallest absolute Gasteiger partial charge is 0.332 e. The van der Waals surface area contributed by atoms with Crippen LogP contribution in [0.25, 0.3) is 0 Å². The van der Waals surface area contributed by atoms with Crippen LogP contribution in [-0.4, -0.2) is 41.1 Å². The second-order valence-corrected chi connectivity index (χ2v) is 6.59. The SMILES string of the molecule is CC(=O)c1ccc(N2CCN(c3c(C#N)c(=O)n(C)c(=O)n3C)CC2)cc1. The van der Waals surface area contributed by atoms with Crippen molar-refractivity contribution in [2.75, 3.05) is 36.0 Å². The van der Waals surface area contributed by atoms with Crippen LogP contribution in [0.4, 0.5) is 11.5 Å². The van der Waals surface area contributed by atoms with Gasteiger partial charge in [-0.3, -0.25) is 18.7 Å². The van der Waals surface area contributed by atoms with Crippen molar-refractivity contribution in [3.05, 3.63) is 56.2 Å². The molecule has 1 aliphatic heterocycles. The van der Waals surface area contributed by atoms with Crippen LogP contribution >= 0.6 is 0 Å². The van der Waals surface area contributed by atoms with Crippen molar-refractivity contribution in [3.8, 4) is 6.07 Å². The molecule has 2 aromatic rings. The van der Waals surface area contributed by atoms with Crippen molar-refractivity contribution in [1.29, 1.82) is 5.26 Å². The molecule has 8 heteroatoms. The highest BCUT2D eigenvalue weighted by atomic mass is 16.2. The Bertz CT molecular complexity index is 1040. The second-order valence-electron chi connectivity index (χ2n) is 6.59. The van der Waals surface area contributed by atoms with Gasteiger partial charge in [0, 0.05) is 51.5 Å². The molecule has 2 heterocycles. The van der Waals surface area contributed by atoms with Crippen LogP contribution in [0.15, 0.2) is 33.9 Å². The van der Waals surface area contributed by atoms with E-state index < -0.39 is 11.2 Å². The number of carbonyl (C=O) groups excluding carboxylic acids is 1. The molecule has 140 valence electrons. The Hall–Kier alpha value is -3.34.